The summed E-state index contributed by atoms with van der Waals surface area (Å²) in [5.41, 5.74) is 2.11. The van der Waals surface area contributed by atoms with E-state index in [0.717, 1.165) is 11.3 Å². The highest BCUT2D eigenvalue weighted by molar-refractivity contribution is 6.06. The van der Waals surface area contributed by atoms with Gasteiger partial charge in [-0.2, -0.15) is 0 Å². The zero-order valence-electron chi connectivity index (χ0n) is 12.1. The van der Waals surface area contributed by atoms with Crippen molar-refractivity contribution in [2.75, 3.05) is 5.32 Å². The molecule has 5 nitrogen and oxygen atoms in total. The largest absolute Gasteiger partial charge is 0.426 e. The Morgan fingerprint density at radius 3 is 2.52 bits per heavy atom. The number of carbonyl (C=O) groups is 2. The number of anilines is 1. The van der Waals surface area contributed by atoms with Gasteiger partial charge in [-0.15, -0.1) is 0 Å². The fourth-order valence-corrected chi connectivity index (χ4v) is 1.99. The van der Waals surface area contributed by atoms with Crippen LogP contribution in [0.4, 0.5) is 5.82 Å². The second-order valence-corrected chi connectivity index (χ2v) is 4.72. The number of rotatable bonds is 3. The first-order valence-corrected chi connectivity index (χ1v) is 6.50. The zero-order chi connectivity index (χ0) is 15.4. The van der Waals surface area contributed by atoms with Crippen LogP contribution in [0.25, 0.3) is 0 Å². The Kier molecular flexibility index (Phi) is 4.33. The van der Waals surface area contributed by atoms with Crippen LogP contribution in [0.15, 0.2) is 36.4 Å². The Balaban J connectivity index is 2.26. The van der Waals surface area contributed by atoms with E-state index in [0.29, 0.717) is 5.82 Å². The molecule has 1 aromatic heterocycles. The molecule has 0 unspecified atom stereocenters. The molecule has 108 valence electrons. The standard InChI is InChI=1S/C16H16N2O3/c1-10-8-11(2)17-15(9-10)18-16(20)13-6-4-5-7-14(13)21-12(3)19/h4-9H,1-3H3,(H,17,18,20). The topological polar surface area (TPSA) is 68.3 Å². The lowest BCUT2D eigenvalue weighted by Crippen LogP contribution is -2.15. The third-order valence-electron chi connectivity index (χ3n) is 2.72. The lowest BCUT2D eigenvalue weighted by Gasteiger charge is -2.10. The highest BCUT2D eigenvalue weighted by Gasteiger charge is 2.14. The molecule has 0 aliphatic rings. The molecule has 0 fully saturated rings. The number of amides is 1. The van der Waals surface area contributed by atoms with Crippen molar-refractivity contribution in [1.29, 1.82) is 0 Å². The molecule has 2 rings (SSSR count). The van der Waals surface area contributed by atoms with E-state index in [-0.39, 0.29) is 17.2 Å². The van der Waals surface area contributed by atoms with Crippen LogP contribution in [0.1, 0.15) is 28.5 Å². The second-order valence-electron chi connectivity index (χ2n) is 4.72. The lowest BCUT2D eigenvalue weighted by molar-refractivity contribution is -0.131. The van der Waals surface area contributed by atoms with Crippen LogP contribution in [0.2, 0.25) is 0 Å². The Morgan fingerprint density at radius 2 is 1.86 bits per heavy atom. The van der Waals surface area contributed by atoms with E-state index in [9.17, 15) is 9.59 Å². The van der Waals surface area contributed by atoms with Gasteiger partial charge in [0.2, 0.25) is 0 Å². The van der Waals surface area contributed by atoms with Gasteiger partial charge >= 0.3 is 5.97 Å². The number of para-hydroxylation sites is 1. The van der Waals surface area contributed by atoms with Gasteiger partial charge in [-0.3, -0.25) is 9.59 Å². The maximum atomic E-state index is 12.3. The smallest absolute Gasteiger partial charge is 0.308 e. The predicted molar refractivity (Wildman–Crippen MR) is 79.4 cm³/mol. The molecule has 0 spiro atoms. The quantitative estimate of drug-likeness (QED) is 0.695. The summed E-state index contributed by atoms with van der Waals surface area (Å²) in [5.74, 6) is -0.147. The molecule has 0 atom stereocenters. The summed E-state index contributed by atoms with van der Waals surface area (Å²) in [4.78, 5) is 27.6. The molecule has 0 aliphatic heterocycles. The van der Waals surface area contributed by atoms with Crippen LogP contribution in [0.3, 0.4) is 0 Å². The third-order valence-corrected chi connectivity index (χ3v) is 2.72. The van der Waals surface area contributed by atoms with Crippen LogP contribution in [0.5, 0.6) is 5.75 Å². The molecule has 1 amide bonds. The average Bonchev–Trinajstić information content (AvgIpc) is 2.37. The van der Waals surface area contributed by atoms with E-state index in [1.165, 1.54) is 6.92 Å². The summed E-state index contributed by atoms with van der Waals surface area (Å²) < 4.78 is 5.03. The Labute approximate surface area is 123 Å². The number of nitrogens with zero attached hydrogens (tertiary/aromatic N) is 1. The minimum atomic E-state index is -0.472. The minimum Gasteiger partial charge on any atom is -0.426 e. The first kappa shape index (κ1) is 14.7. The molecule has 0 saturated carbocycles. The van der Waals surface area contributed by atoms with Crippen molar-refractivity contribution in [1.82, 2.24) is 4.98 Å². The highest BCUT2D eigenvalue weighted by Crippen LogP contribution is 2.20. The van der Waals surface area contributed by atoms with Gasteiger partial charge in [-0.1, -0.05) is 12.1 Å². The van der Waals surface area contributed by atoms with Crippen molar-refractivity contribution in [2.24, 2.45) is 0 Å². The molecule has 1 aromatic carbocycles. The normalized spacial score (nSPS) is 10.0. The molecular weight excluding hydrogens is 268 g/mol. The van der Waals surface area contributed by atoms with E-state index in [1.54, 1.807) is 30.3 Å². The highest BCUT2D eigenvalue weighted by atomic mass is 16.5. The molecule has 5 heteroatoms. The van der Waals surface area contributed by atoms with Crippen LogP contribution < -0.4 is 10.1 Å². The number of ether oxygens (including phenoxy) is 1. The maximum Gasteiger partial charge on any atom is 0.308 e. The van der Waals surface area contributed by atoms with E-state index in [1.807, 2.05) is 19.9 Å². The number of carbonyl (C=O) groups excluding carboxylic acids is 2. The summed E-state index contributed by atoms with van der Waals surface area (Å²) in [6.45, 7) is 5.08. The van der Waals surface area contributed by atoms with Crippen molar-refractivity contribution in [3.63, 3.8) is 0 Å². The van der Waals surface area contributed by atoms with Gasteiger partial charge < -0.3 is 10.1 Å². The monoisotopic (exact) mass is 284 g/mol. The zero-order valence-corrected chi connectivity index (χ0v) is 12.1. The van der Waals surface area contributed by atoms with Crippen molar-refractivity contribution in [2.45, 2.75) is 20.8 Å². The van der Waals surface area contributed by atoms with Gasteiger partial charge in [0.05, 0.1) is 5.56 Å². The predicted octanol–water partition coefficient (Wildman–Crippen LogP) is 2.88. The molecule has 1 N–H and O–H groups in total. The molecule has 2 aromatic rings. The summed E-state index contributed by atoms with van der Waals surface area (Å²) in [6.07, 6.45) is 0. The summed E-state index contributed by atoms with van der Waals surface area (Å²) >= 11 is 0. The van der Waals surface area contributed by atoms with Crippen LogP contribution in [-0.4, -0.2) is 16.9 Å². The summed E-state index contributed by atoms with van der Waals surface area (Å²) in [6, 6.07) is 10.3. The fraction of sp³-hybridized carbons (Fsp3) is 0.188. The van der Waals surface area contributed by atoms with E-state index in [2.05, 4.69) is 10.3 Å². The van der Waals surface area contributed by atoms with Crippen molar-refractivity contribution in [3.05, 3.63) is 53.2 Å². The van der Waals surface area contributed by atoms with Crippen molar-refractivity contribution < 1.29 is 14.3 Å². The average molecular weight is 284 g/mol. The summed E-state index contributed by atoms with van der Waals surface area (Å²) in [5, 5.41) is 2.71. The number of aromatic nitrogens is 1. The van der Waals surface area contributed by atoms with Gasteiger partial charge in [0.25, 0.3) is 5.91 Å². The molecular formula is C16H16N2O3. The Hall–Kier alpha value is -2.69. The first-order chi connectivity index (χ1) is 9.95. The first-order valence-electron chi connectivity index (χ1n) is 6.50. The van der Waals surface area contributed by atoms with Gasteiger partial charge in [0.15, 0.2) is 0 Å². The molecule has 0 aliphatic carbocycles. The fourth-order valence-electron chi connectivity index (χ4n) is 1.99. The van der Waals surface area contributed by atoms with Gasteiger partial charge in [0.1, 0.15) is 11.6 Å². The van der Waals surface area contributed by atoms with Gasteiger partial charge in [-0.25, -0.2) is 4.98 Å². The Bertz CT molecular complexity index is 675. The molecule has 0 radical (unpaired) electrons. The van der Waals surface area contributed by atoms with E-state index < -0.39 is 5.97 Å². The number of nitrogens with one attached hydrogen (secondary N) is 1. The molecule has 21 heavy (non-hydrogen) atoms. The minimum absolute atomic E-state index is 0.229. The number of aryl methyl sites for hydroxylation is 2. The van der Waals surface area contributed by atoms with Crippen molar-refractivity contribution in [3.8, 4) is 5.75 Å². The van der Waals surface area contributed by atoms with Gasteiger partial charge in [-0.05, 0) is 43.7 Å². The number of pyridine rings is 1. The Morgan fingerprint density at radius 1 is 1.14 bits per heavy atom. The summed E-state index contributed by atoms with van der Waals surface area (Å²) in [7, 11) is 0. The number of hydrogen-bond donors (Lipinski definition) is 1. The number of benzene rings is 1. The number of esters is 1. The van der Waals surface area contributed by atoms with Crippen LogP contribution >= 0.6 is 0 Å². The lowest BCUT2D eigenvalue weighted by atomic mass is 10.2. The van der Waals surface area contributed by atoms with Crippen LogP contribution in [-0.2, 0) is 4.79 Å². The third kappa shape index (κ3) is 3.89. The van der Waals surface area contributed by atoms with Crippen molar-refractivity contribution >= 4 is 17.7 Å². The SMILES string of the molecule is CC(=O)Oc1ccccc1C(=O)Nc1cc(C)cc(C)n1. The molecule has 0 saturated heterocycles. The van der Waals surface area contributed by atoms with Gasteiger partial charge in [0, 0.05) is 12.6 Å². The second kappa shape index (κ2) is 6.17. The van der Waals surface area contributed by atoms with Crippen LogP contribution in [0, 0.1) is 13.8 Å². The van der Waals surface area contributed by atoms with E-state index >= 15 is 0 Å². The molecule has 1 heterocycles. The maximum absolute atomic E-state index is 12.3. The van der Waals surface area contributed by atoms with E-state index in [4.69, 9.17) is 4.74 Å². The molecule has 0 bridgehead atoms. The number of hydrogen-bond acceptors (Lipinski definition) is 4.